The number of nitrogens with zero attached hydrogens (tertiary/aromatic N) is 1. The molecular weight excluding hydrogens is 320 g/mol. The van der Waals surface area contributed by atoms with Gasteiger partial charge in [0.2, 0.25) is 0 Å². The highest BCUT2D eigenvalue weighted by molar-refractivity contribution is 5.98. The molecule has 134 valence electrons. The van der Waals surface area contributed by atoms with Crippen molar-refractivity contribution in [3.63, 3.8) is 0 Å². The summed E-state index contributed by atoms with van der Waals surface area (Å²) in [4.78, 5) is 16.9. The van der Waals surface area contributed by atoms with Gasteiger partial charge in [-0.25, -0.2) is 0 Å². The van der Waals surface area contributed by atoms with E-state index >= 15 is 0 Å². The lowest BCUT2D eigenvalue weighted by Crippen LogP contribution is -2.26. The molecule has 0 aliphatic heterocycles. The van der Waals surface area contributed by atoms with Crippen LogP contribution in [0.3, 0.4) is 0 Å². The Balaban J connectivity index is 1.82. The zero-order chi connectivity index (χ0) is 18.9. The van der Waals surface area contributed by atoms with Crippen LogP contribution >= 0.6 is 0 Å². The van der Waals surface area contributed by atoms with Crippen LogP contribution in [0.25, 0.3) is 10.8 Å². The van der Waals surface area contributed by atoms with Gasteiger partial charge in [-0.1, -0.05) is 45.0 Å². The third kappa shape index (κ3) is 3.93. The summed E-state index contributed by atoms with van der Waals surface area (Å²) in [6.07, 6.45) is 1.77. The number of rotatable bonds is 3. The maximum absolute atomic E-state index is 12.7. The van der Waals surface area contributed by atoms with Crippen molar-refractivity contribution in [3.8, 4) is 0 Å². The minimum atomic E-state index is -0.0665. The monoisotopic (exact) mass is 346 g/mol. The van der Waals surface area contributed by atoms with Gasteiger partial charge in [0.25, 0.3) is 5.91 Å². The maximum Gasteiger partial charge on any atom is 0.251 e. The molecule has 3 rings (SSSR count). The number of aromatic nitrogens is 1. The molecule has 1 aromatic heterocycles. The van der Waals surface area contributed by atoms with E-state index in [0.717, 1.165) is 22.0 Å². The molecule has 3 heteroatoms. The van der Waals surface area contributed by atoms with Crippen molar-refractivity contribution in [1.29, 1.82) is 0 Å². The van der Waals surface area contributed by atoms with Gasteiger partial charge in [0.05, 0.1) is 6.04 Å². The summed E-state index contributed by atoms with van der Waals surface area (Å²) in [5.41, 5.74) is 4.09. The van der Waals surface area contributed by atoms with Crippen molar-refractivity contribution < 1.29 is 4.79 Å². The average molecular weight is 346 g/mol. The first-order chi connectivity index (χ1) is 12.2. The molecule has 3 nitrogen and oxygen atoms in total. The van der Waals surface area contributed by atoms with Gasteiger partial charge in [0.1, 0.15) is 0 Å². The largest absolute Gasteiger partial charge is 0.346 e. The summed E-state index contributed by atoms with van der Waals surface area (Å²) in [6.45, 7) is 10.6. The molecule has 26 heavy (non-hydrogen) atoms. The third-order valence-corrected chi connectivity index (χ3v) is 4.74. The van der Waals surface area contributed by atoms with Gasteiger partial charge in [-0.2, -0.15) is 0 Å². The Hall–Kier alpha value is -2.68. The second kappa shape index (κ2) is 6.91. The molecule has 2 aromatic carbocycles. The Bertz CT molecular complexity index is 954. The van der Waals surface area contributed by atoms with E-state index in [1.54, 1.807) is 6.20 Å². The van der Waals surface area contributed by atoms with Crippen LogP contribution in [0.4, 0.5) is 0 Å². The number of pyridine rings is 1. The van der Waals surface area contributed by atoms with Crippen LogP contribution in [0.5, 0.6) is 0 Å². The fourth-order valence-corrected chi connectivity index (χ4v) is 3.05. The van der Waals surface area contributed by atoms with Crippen molar-refractivity contribution in [2.24, 2.45) is 0 Å². The standard InChI is InChI=1S/C23H26N2O/c1-15-12-17(10-11-24-15)16(2)25-22(26)20-7-6-19-14-21(23(3,4)5)9-8-18(19)13-20/h6-14,16H,1-5H3,(H,25,26)/t16-/m1/s1. The Labute approximate surface area is 155 Å². The van der Waals surface area contributed by atoms with Crippen molar-refractivity contribution in [2.75, 3.05) is 0 Å². The molecule has 0 aliphatic carbocycles. The smallest absolute Gasteiger partial charge is 0.251 e. The van der Waals surface area contributed by atoms with Gasteiger partial charge in [-0.15, -0.1) is 0 Å². The van der Waals surface area contributed by atoms with Crippen molar-refractivity contribution in [3.05, 3.63) is 77.1 Å². The molecule has 1 heterocycles. The van der Waals surface area contributed by atoms with E-state index in [2.05, 4.69) is 49.3 Å². The van der Waals surface area contributed by atoms with Crippen LogP contribution in [-0.2, 0) is 5.41 Å². The molecule has 0 spiro atoms. The second-order valence-electron chi connectivity index (χ2n) is 7.95. The van der Waals surface area contributed by atoms with Gasteiger partial charge < -0.3 is 5.32 Å². The molecule has 0 radical (unpaired) electrons. The SMILES string of the molecule is Cc1cc([C@@H](C)NC(=O)c2ccc3cc(C(C)(C)C)ccc3c2)ccn1. The molecular formula is C23H26N2O. The fraction of sp³-hybridized carbons (Fsp3) is 0.304. The number of fused-ring (bicyclic) bond motifs is 1. The highest BCUT2D eigenvalue weighted by Gasteiger charge is 2.15. The first-order valence-corrected chi connectivity index (χ1v) is 9.02. The van der Waals surface area contributed by atoms with Crippen LogP contribution in [0.1, 0.15) is 60.9 Å². The number of carbonyl (C=O) groups excluding carboxylic acids is 1. The minimum Gasteiger partial charge on any atom is -0.346 e. The number of nitrogens with one attached hydrogen (secondary N) is 1. The average Bonchev–Trinajstić information content (AvgIpc) is 2.60. The van der Waals surface area contributed by atoms with E-state index in [9.17, 15) is 4.79 Å². The predicted octanol–water partition coefficient (Wildman–Crippen LogP) is 5.33. The summed E-state index contributed by atoms with van der Waals surface area (Å²) in [5, 5.41) is 5.31. The molecule has 1 N–H and O–H groups in total. The predicted molar refractivity (Wildman–Crippen MR) is 108 cm³/mol. The van der Waals surface area contributed by atoms with E-state index in [1.807, 2.05) is 44.2 Å². The van der Waals surface area contributed by atoms with E-state index in [1.165, 1.54) is 5.56 Å². The van der Waals surface area contributed by atoms with E-state index < -0.39 is 0 Å². The number of hydrogen-bond acceptors (Lipinski definition) is 2. The van der Waals surface area contributed by atoms with Crippen molar-refractivity contribution in [1.82, 2.24) is 10.3 Å². The highest BCUT2D eigenvalue weighted by Crippen LogP contribution is 2.26. The second-order valence-corrected chi connectivity index (χ2v) is 7.95. The number of amides is 1. The zero-order valence-electron chi connectivity index (χ0n) is 16.1. The number of aryl methyl sites for hydroxylation is 1. The van der Waals surface area contributed by atoms with Crippen LogP contribution in [-0.4, -0.2) is 10.9 Å². The quantitative estimate of drug-likeness (QED) is 0.696. The molecule has 0 unspecified atom stereocenters. The summed E-state index contributed by atoms with van der Waals surface area (Å²) in [5.74, 6) is -0.0613. The third-order valence-electron chi connectivity index (χ3n) is 4.74. The van der Waals surface area contributed by atoms with Crippen molar-refractivity contribution in [2.45, 2.75) is 46.1 Å². The Morgan fingerprint density at radius 3 is 2.38 bits per heavy atom. The molecule has 0 aliphatic rings. The first kappa shape index (κ1) is 18.1. The van der Waals surface area contributed by atoms with Crippen molar-refractivity contribution >= 4 is 16.7 Å². The van der Waals surface area contributed by atoms with Gasteiger partial charge in [0, 0.05) is 17.5 Å². The zero-order valence-corrected chi connectivity index (χ0v) is 16.1. The number of hydrogen-bond donors (Lipinski definition) is 1. The van der Waals surface area contributed by atoms with E-state index in [4.69, 9.17) is 0 Å². The van der Waals surface area contributed by atoms with Crippen LogP contribution in [0, 0.1) is 6.92 Å². The Morgan fingerprint density at radius 2 is 1.69 bits per heavy atom. The Morgan fingerprint density at radius 1 is 1.00 bits per heavy atom. The summed E-state index contributed by atoms with van der Waals surface area (Å²) in [6, 6.07) is 16.2. The molecule has 1 amide bonds. The number of carbonyl (C=O) groups is 1. The molecule has 0 saturated carbocycles. The van der Waals surface area contributed by atoms with Crippen LogP contribution in [0.15, 0.2) is 54.7 Å². The lowest BCUT2D eigenvalue weighted by molar-refractivity contribution is 0.0940. The minimum absolute atomic E-state index is 0.0613. The normalized spacial score (nSPS) is 12.8. The van der Waals surface area contributed by atoms with Gasteiger partial charge in [-0.3, -0.25) is 9.78 Å². The summed E-state index contributed by atoms with van der Waals surface area (Å²) < 4.78 is 0. The molecule has 3 aromatic rings. The topological polar surface area (TPSA) is 42.0 Å². The fourth-order valence-electron chi connectivity index (χ4n) is 3.05. The van der Waals surface area contributed by atoms with Gasteiger partial charge in [0.15, 0.2) is 0 Å². The molecule has 0 bridgehead atoms. The highest BCUT2D eigenvalue weighted by atomic mass is 16.1. The van der Waals surface area contributed by atoms with E-state index in [-0.39, 0.29) is 17.4 Å². The molecule has 0 saturated heterocycles. The molecule has 1 atom stereocenters. The lowest BCUT2D eigenvalue weighted by atomic mass is 9.86. The first-order valence-electron chi connectivity index (χ1n) is 9.02. The van der Waals surface area contributed by atoms with Gasteiger partial charge in [-0.05, 0) is 65.4 Å². The Kier molecular flexibility index (Phi) is 4.82. The summed E-state index contributed by atoms with van der Waals surface area (Å²) in [7, 11) is 0. The molecule has 0 fully saturated rings. The maximum atomic E-state index is 12.7. The summed E-state index contributed by atoms with van der Waals surface area (Å²) >= 11 is 0. The van der Waals surface area contributed by atoms with Crippen LogP contribution < -0.4 is 5.32 Å². The lowest BCUT2D eigenvalue weighted by Gasteiger charge is -2.19. The van der Waals surface area contributed by atoms with E-state index in [0.29, 0.717) is 5.56 Å². The van der Waals surface area contributed by atoms with Gasteiger partial charge >= 0.3 is 0 Å². The number of benzene rings is 2. The van der Waals surface area contributed by atoms with Crippen LogP contribution in [0.2, 0.25) is 0 Å².